The highest BCUT2D eigenvalue weighted by Gasteiger charge is 2.42. The number of carboxylic acid groups (broad SMARTS) is 1. The third-order valence-corrected chi connectivity index (χ3v) is 4.22. The molecule has 4 nitrogen and oxygen atoms in total. The van der Waals surface area contributed by atoms with Crippen LogP contribution in [-0.4, -0.2) is 35.1 Å². The number of carboxylic acids is 1. The second-order valence-electron chi connectivity index (χ2n) is 5.86. The number of piperidine rings is 1. The topological polar surface area (TPSA) is 53.4 Å². The Balaban J connectivity index is 2.08. The highest BCUT2D eigenvalue weighted by atomic mass is 19.3. The molecule has 0 bridgehead atoms. The Labute approximate surface area is 130 Å². The van der Waals surface area contributed by atoms with Crippen LogP contribution in [0.3, 0.4) is 0 Å². The normalized spacial score (nSPS) is 20.7. The molecule has 7 heteroatoms. The standard InChI is InChI=1S/C16H15F3N2O2/c1-9-8-21(5-4-16(9,18)19)14-12(15(22)23)6-10-2-3-11(17)7-13(10)20-14/h2-3,6-7,9H,4-5,8H2,1H3,(H,22,23). The minimum Gasteiger partial charge on any atom is -0.478 e. The van der Waals surface area contributed by atoms with Crippen molar-refractivity contribution in [2.24, 2.45) is 5.92 Å². The number of aromatic carboxylic acids is 1. The summed E-state index contributed by atoms with van der Waals surface area (Å²) in [5.74, 6) is -5.26. The fourth-order valence-corrected chi connectivity index (χ4v) is 2.81. The van der Waals surface area contributed by atoms with Gasteiger partial charge in [0.05, 0.1) is 5.52 Å². The monoisotopic (exact) mass is 324 g/mol. The zero-order chi connectivity index (χ0) is 16.8. The van der Waals surface area contributed by atoms with Gasteiger partial charge < -0.3 is 10.0 Å². The quantitative estimate of drug-likeness (QED) is 0.918. The minimum atomic E-state index is -2.77. The lowest BCUT2D eigenvalue weighted by Crippen LogP contribution is -2.46. The number of rotatable bonds is 2. The van der Waals surface area contributed by atoms with Gasteiger partial charge in [0, 0.05) is 36.9 Å². The van der Waals surface area contributed by atoms with Crippen molar-refractivity contribution < 1.29 is 23.1 Å². The van der Waals surface area contributed by atoms with Crippen LogP contribution in [0, 0.1) is 11.7 Å². The molecule has 1 atom stereocenters. The van der Waals surface area contributed by atoms with Crippen molar-refractivity contribution in [1.82, 2.24) is 4.98 Å². The van der Waals surface area contributed by atoms with E-state index in [1.807, 2.05) is 0 Å². The molecule has 0 saturated carbocycles. The lowest BCUT2D eigenvalue weighted by molar-refractivity contribution is -0.0652. The van der Waals surface area contributed by atoms with E-state index in [4.69, 9.17) is 0 Å². The maximum absolute atomic E-state index is 13.6. The van der Waals surface area contributed by atoms with Crippen LogP contribution in [0.25, 0.3) is 10.9 Å². The van der Waals surface area contributed by atoms with Crippen LogP contribution in [0.5, 0.6) is 0 Å². The summed E-state index contributed by atoms with van der Waals surface area (Å²) in [4.78, 5) is 17.3. The van der Waals surface area contributed by atoms with E-state index in [0.717, 1.165) is 0 Å². The van der Waals surface area contributed by atoms with Crippen molar-refractivity contribution in [3.05, 3.63) is 35.6 Å². The number of hydrogen-bond donors (Lipinski definition) is 1. The van der Waals surface area contributed by atoms with Gasteiger partial charge >= 0.3 is 5.97 Å². The van der Waals surface area contributed by atoms with Crippen molar-refractivity contribution in [3.8, 4) is 0 Å². The van der Waals surface area contributed by atoms with Crippen molar-refractivity contribution in [2.45, 2.75) is 19.3 Å². The van der Waals surface area contributed by atoms with E-state index in [9.17, 15) is 23.1 Å². The number of halogens is 3. The number of hydrogen-bond acceptors (Lipinski definition) is 3. The second kappa shape index (κ2) is 5.40. The first-order chi connectivity index (χ1) is 10.8. The predicted octanol–water partition coefficient (Wildman–Crippen LogP) is 3.55. The maximum Gasteiger partial charge on any atom is 0.339 e. The minimum absolute atomic E-state index is 0.00109. The molecule has 0 radical (unpaired) electrons. The molecule has 3 rings (SSSR count). The number of anilines is 1. The van der Waals surface area contributed by atoms with Crippen LogP contribution in [0.4, 0.5) is 19.0 Å². The van der Waals surface area contributed by atoms with E-state index >= 15 is 0 Å². The van der Waals surface area contributed by atoms with Crippen LogP contribution >= 0.6 is 0 Å². The Morgan fingerprint density at radius 3 is 2.78 bits per heavy atom. The molecule has 1 N–H and O–H groups in total. The van der Waals surface area contributed by atoms with E-state index in [1.165, 1.54) is 36.1 Å². The van der Waals surface area contributed by atoms with Crippen LogP contribution in [0.15, 0.2) is 24.3 Å². The molecule has 2 heterocycles. The highest BCUT2D eigenvalue weighted by molar-refractivity contribution is 5.98. The molecular weight excluding hydrogens is 309 g/mol. The van der Waals surface area contributed by atoms with Crippen LogP contribution in [0.2, 0.25) is 0 Å². The Morgan fingerprint density at radius 1 is 1.39 bits per heavy atom. The highest BCUT2D eigenvalue weighted by Crippen LogP contribution is 2.36. The van der Waals surface area contributed by atoms with Crippen molar-refractivity contribution in [3.63, 3.8) is 0 Å². The van der Waals surface area contributed by atoms with Gasteiger partial charge in [-0.05, 0) is 18.2 Å². The first kappa shape index (κ1) is 15.6. The lowest BCUT2D eigenvalue weighted by Gasteiger charge is -2.37. The summed E-state index contributed by atoms with van der Waals surface area (Å²) in [6.45, 7) is 1.43. The molecule has 1 fully saturated rings. The van der Waals surface area contributed by atoms with Crippen molar-refractivity contribution >= 4 is 22.7 Å². The smallest absolute Gasteiger partial charge is 0.339 e. The number of alkyl halides is 2. The molecular formula is C16H15F3N2O2. The van der Waals surface area contributed by atoms with Gasteiger partial charge in [-0.25, -0.2) is 22.9 Å². The number of pyridine rings is 1. The van der Waals surface area contributed by atoms with E-state index in [1.54, 1.807) is 0 Å². The maximum atomic E-state index is 13.6. The molecule has 1 aromatic heterocycles. The summed E-state index contributed by atoms with van der Waals surface area (Å²) in [7, 11) is 0. The average molecular weight is 324 g/mol. The first-order valence-electron chi connectivity index (χ1n) is 7.24. The number of carbonyl (C=O) groups is 1. The number of fused-ring (bicyclic) bond motifs is 1. The zero-order valence-corrected chi connectivity index (χ0v) is 12.4. The average Bonchev–Trinajstić information content (AvgIpc) is 2.48. The number of nitrogens with zero attached hydrogens (tertiary/aromatic N) is 2. The molecule has 0 spiro atoms. The number of aromatic nitrogens is 1. The first-order valence-corrected chi connectivity index (χ1v) is 7.24. The largest absolute Gasteiger partial charge is 0.478 e. The summed E-state index contributed by atoms with van der Waals surface area (Å²) in [6.07, 6.45) is -0.365. The van der Waals surface area contributed by atoms with E-state index in [-0.39, 0.29) is 30.9 Å². The molecule has 23 heavy (non-hydrogen) atoms. The lowest BCUT2D eigenvalue weighted by atomic mass is 9.95. The molecule has 0 aliphatic carbocycles. The Kier molecular flexibility index (Phi) is 3.66. The van der Waals surface area contributed by atoms with Crippen LogP contribution in [0.1, 0.15) is 23.7 Å². The molecule has 1 saturated heterocycles. The second-order valence-corrected chi connectivity index (χ2v) is 5.86. The van der Waals surface area contributed by atoms with Crippen molar-refractivity contribution in [1.29, 1.82) is 0 Å². The van der Waals surface area contributed by atoms with E-state index in [2.05, 4.69) is 4.98 Å². The van der Waals surface area contributed by atoms with Crippen molar-refractivity contribution in [2.75, 3.05) is 18.0 Å². The van der Waals surface area contributed by atoms with Crippen LogP contribution < -0.4 is 4.90 Å². The molecule has 2 aromatic rings. The van der Waals surface area contributed by atoms with Gasteiger partial charge in [0.25, 0.3) is 5.92 Å². The summed E-state index contributed by atoms with van der Waals surface area (Å²) < 4.78 is 40.6. The Hall–Kier alpha value is -2.31. The SMILES string of the molecule is CC1CN(c2nc3cc(F)ccc3cc2C(=O)O)CCC1(F)F. The van der Waals surface area contributed by atoms with Gasteiger partial charge in [0.1, 0.15) is 17.2 Å². The molecule has 122 valence electrons. The summed E-state index contributed by atoms with van der Waals surface area (Å²) in [5, 5.41) is 9.88. The van der Waals surface area contributed by atoms with E-state index < -0.39 is 23.6 Å². The van der Waals surface area contributed by atoms with Gasteiger partial charge in [-0.1, -0.05) is 6.92 Å². The van der Waals surface area contributed by atoms with Gasteiger partial charge in [0.15, 0.2) is 0 Å². The fourth-order valence-electron chi connectivity index (χ4n) is 2.81. The molecule has 1 aromatic carbocycles. The van der Waals surface area contributed by atoms with E-state index in [0.29, 0.717) is 10.9 Å². The summed E-state index contributed by atoms with van der Waals surface area (Å²) in [5.41, 5.74) is 0.233. The van der Waals surface area contributed by atoms with Crippen LogP contribution in [-0.2, 0) is 0 Å². The zero-order valence-electron chi connectivity index (χ0n) is 12.4. The van der Waals surface area contributed by atoms with Gasteiger partial charge in [0.2, 0.25) is 0 Å². The third kappa shape index (κ3) is 2.83. The Bertz CT molecular complexity index is 779. The summed E-state index contributed by atoms with van der Waals surface area (Å²) >= 11 is 0. The summed E-state index contributed by atoms with van der Waals surface area (Å²) in [6, 6.07) is 5.27. The number of benzene rings is 1. The molecule has 0 amide bonds. The molecule has 1 aliphatic heterocycles. The fraction of sp³-hybridized carbons (Fsp3) is 0.375. The molecule has 1 unspecified atom stereocenters. The predicted molar refractivity (Wildman–Crippen MR) is 79.6 cm³/mol. The molecule has 1 aliphatic rings. The third-order valence-electron chi connectivity index (χ3n) is 4.22. The Morgan fingerprint density at radius 2 is 2.13 bits per heavy atom. The van der Waals surface area contributed by atoms with Gasteiger partial charge in [-0.3, -0.25) is 0 Å². The van der Waals surface area contributed by atoms with Gasteiger partial charge in [-0.2, -0.15) is 0 Å². The van der Waals surface area contributed by atoms with Gasteiger partial charge in [-0.15, -0.1) is 0 Å².